The van der Waals surface area contributed by atoms with Crippen LogP contribution >= 0.6 is 11.3 Å². The summed E-state index contributed by atoms with van der Waals surface area (Å²) in [7, 11) is 1.90. The topological polar surface area (TPSA) is 89.9 Å². The number of Topliss-reactive ketones (excluding diaryl/α,β-unsaturated/α-hetero) is 1. The maximum atomic E-state index is 13.2. The molecule has 0 bridgehead atoms. The van der Waals surface area contributed by atoms with Gasteiger partial charge in [-0.05, 0) is 36.6 Å². The summed E-state index contributed by atoms with van der Waals surface area (Å²) in [6.07, 6.45) is 8.69. The highest BCUT2D eigenvalue weighted by Crippen LogP contribution is 2.33. The van der Waals surface area contributed by atoms with E-state index in [-0.39, 0.29) is 18.2 Å². The number of ketones is 1. The molecule has 1 aliphatic heterocycles. The molecule has 32 heavy (non-hydrogen) atoms. The van der Waals surface area contributed by atoms with E-state index in [1.54, 1.807) is 28.4 Å². The summed E-state index contributed by atoms with van der Waals surface area (Å²) in [4.78, 5) is 25.5. The molecule has 5 heterocycles. The lowest BCUT2D eigenvalue weighted by atomic mass is 9.95. The largest absolute Gasteiger partial charge is 0.369 e. The summed E-state index contributed by atoms with van der Waals surface area (Å²) in [5.74, 6) is 0.511. The van der Waals surface area contributed by atoms with E-state index in [0.717, 1.165) is 51.4 Å². The van der Waals surface area contributed by atoms with Crippen LogP contribution < -0.4 is 10.6 Å². The number of carbonyl (C=O) groups is 1. The van der Waals surface area contributed by atoms with Crippen LogP contribution in [0.5, 0.6) is 0 Å². The minimum Gasteiger partial charge on any atom is -0.369 e. The van der Waals surface area contributed by atoms with Gasteiger partial charge in [-0.1, -0.05) is 6.92 Å². The van der Waals surface area contributed by atoms with Gasteiger partial charge in [-0.15, -0.1) is 11.3 Å². The van der Waals surface area contributed by atoms with Crippen molar-refractivity contribution in [2.24, 2.45) is 18.7 Å². The zero-order valence-corrected chi connectivity index (χ0v) is 19.0. The van der Waals surface area contributed by atoms with Gasteiger partial charge < -0.3 is 10.6 Å². The number of piperidine rings is 1. The Labute approximate surface area is 190 Å². The van der Waals surface area contributed by atoms with Crippen LogP contribution in [0.25, 0.3) is 20.7 Å². The van der Waals surface area contributed by atoms with Crippen molar-refractivity contribution in [3.63, 3.8) is 0 Å². The van der Waals surface area contributed by atoms with Gasteiger partial charge in [-0.25, -0.2) is 4.98 Å². The number of hydrogen-bond donors (Lipinski definition) is 1. The molecule has 164 valence electrons. The molecule has 0 spiro atoms. The molecular weight excluding hydrogens is 420 g/mol. The average molecular weight is 447 g/mol. The van der Waals surface area contributed by atoms with E-state index in [2.05, 4.69) is 26.9 Å². The van der Waals surface area contributed by atoms with E-state index in [1.807, 2.05) is 43.7 Å². The van der Waals surface area contributed by atoms with Crippen molar-refractivity contribution in [3.8, 4) is 10.4 Å². The maximum absolute atomic E-state index is 13.2. The SMILES string of the molecule is C[C@@H]1C[C@H](N)CN(c2ccncc2CC(=O)c2ccc3sc(-c4cnn(C)c4)cc3n2)C1. The fourth-order valence-electron chi connectivity index (χ4n) is 4.49. The second kappa shape index (κ2) is 8.44. The smallest absolute Gasteiger partial charge is 0.185 e. The van der Waals surface area contributed by atoms with Crippen LogP contribution in [-0.2, 0) is 13.5 Å². The summed E-state index contributed by atoms with van der Waals surface area (Å²) >= 11 is 1.65. The number of rotatable bonds is 5. The molecule has 0 saturated carbocycles. The van der Waals surface area contributed by atoms with Gasteiger partial charge in [0.25, 0.3) is 0 Å². The highest BCUT2D eigenvalue weighted by Gasteiger charge is 2.24. The van der Waals surface area contributed by atoms with Gasteiger partial charge in [-0.3, -0.25) is 14.5 Å². The first-order valence-corrected chi connectivity index (χ1v) is 11.6. The van der Waals surface area contributed by atoms with Crippen LogP contribution in [-0.4, -0.2) is 44.7 Å². The normalized spacial score (nSPS) is 18.9. The quantitative estimate of drug-likeness (QED) is 0.470. The number of pyridine rings is 2. The molecule has 0 aromatic carbocycles. The second-order valence-electron chi connectivity index (χ2n) is 8.70. The van der Waals surface area contributed by atoms with Gasteiger partial charge >= 0.3 is 0 Å². The Bertz CT molecular complexity index is 1270. The lowest BCUT2D eigenvalue weighted by molar-refractivity contribution is 0.0988. The third kappa shape index (κ3) is 4.16. The number of aromatic nitrogens is 4. The number of anilines is 1. The van der Waals surface area contributed by atoms with Crippen LogP contribution in [0.4, 0.5) is 5.69 Å². The second-order valence-corrected chi connectivity index (χ2v) is 9.79. The number of aryl methyl sites for hydroxylation is 1. The predicted molar refractivity (Wildman–Crippen MR) is 128 cm³/mol. The van der Waals surface area contributed by atoms with Gasteiger partial charge in [0.2, 0.25) is 0 Å². The van der Waals surface area contributed by atoms with Crippen LogP contribution in [0.3, 0.4) is 0 Å². The molecule has 7 nitrogen and oxygen atoms in total. The predicted octanol–water partition coefficient (Wildman–Crippen LogP) is 3.69. The van der Waals surface area contributed by atoms with E-state index in [4.69, 9.17) is 5.73 Å². The minimum atomic E-state index is -0.00960. The Balaban J connectivity index is 1.39. The molecule has 5 rings (SSSR count). The van der Waals surface area contributed by atoms with Crippen molar-refractivity contribution < 1.29 is 4.79 Å². The standard InChI is InChI=1S/C24H26N6OS/c1-15-7-18(25)14-30(12-15)21-5-6-26-10-16(21)8-22(31)19-3-4-23-20(28-19)9-24(32-23)17-11-27-29(2)13-17/h3-6,9-11,13,15,18H,7-8,12,14,25H2,1-2H3/t15-,18+/m1/s1. The monoisotopic (exact) mass is 446 g/mol. The van der Waals surface area contributed by atoms with Crippen LogP contribution in [0, 0.1) is 5.92 Å². The van der Waals surface area contributed by atoms with Crippen molar-refractivity contribution in [2.45, 2.75) is 25.8 Å². The highest BCUT2D eigenvalue weighted by atomic mass is 32.1. The van der Waals surface area contributed by atoms with Crippen molar-refractivity contribution >= 4 is 33.0 Å². The molecule has 1 fully saturated rings. The minimum absolute atomic E-state index is 0.00960. The first kappa shape index (κ1) is 20.8. The molecule has 1 aliphatic rings. The lowest BCUT2D eigenvalue weighted by Crippen LogP contribution is -2.46. The Hall–Kier alpha value is -3.10. The van der Waals surface area contributed by atoms with Gasteiger partial charge in [0, 0.05) is 72.9 Å². The molecule has 0 radical (unpaired) electrons. The fourth-order valence-corrected chi connectivity index (χ4v) is 5.47. The van der Waals surface area contributed by atoms with E-state index in [1.165, 1.54) is 0 Å². The zero-order chi connectivity index (χ0) is 22.2. The van der Waals surface area contributed by atoms with Gasteiger partial charge in [0.05, 0.1) is 16.4 Å². The van der Waals surface area contributed by atoms with E-state index in [9.17, 15) is 4.79 Å². The summed E-state index contributed by atoms with van der Waals surface area (Å²) in [6, 6.07) is 7.97. The number of nitrogens with zero attached hydrogens (tertiary/aromatic N) is 5. The summed E-state index contributed by atoms with van der Waals surface area (Å²) in [5, 5.41) is 4.24. The van der Waals surface area contributed by atoms with E-state index < -0.39 is 0 Å². The number of nitrogens with two attached hydrogens (primary N) is 1. The summed E-state index contributed by atoms with van der Waals surface area (Å²) < 4.78 is 2.84. The molecule has 2 N–H and O–H groups in total. The third-order valence-electron chi connectivity index (χ3n) is 5.91. The molecule has 0 aliphatic carbocycles. The maximum Gasteiger partial charge on any atom is 0.185 e. The van der Waals surface area contributed by atoms with Crippen LogP contribution in [0.2, 0.25) is 0 Å². The molecule has 4 aromatic heterocycles. The number of fused-ring (bicyclic) bond motifs is 1. The Kier molecular flexibility index (Phi) is 5.48. The van der Waals surface area contributed by atoms with Gasteiger partial charge in [-0.2, -0.15) is 5.10 Å². The lowest BCUT2D eigenvalue weighted by Gasteiger charge is -2.37. The molecule has 2 atom stereocenters. The summed E-state index contributed by atoms with van der Waals surface area (Å²) in [5.41, 5.74) is 10.6. The average Bonchev–Trinajstić information content (AvgIpc) is 3.38. The van der Waals surface area contributed by atoms with Crippen LogP contribution in [0.1, 0.15) is 29.4 Å². The Morgan fingerprint density at radius 3 is 2.91 bits per heavy atom. The molecule has 0 unspecified atom stereocenters. The summed E-state index contributed by atoms with van der Waals surface area (Å²) in [6.45, 7) is 3.96. The number of thiophene rings is 1. The number of hydrogen-bond acceptors (Lipinski definition) is 7. The van der Waals surface area contributed by atoms with E-state index in [0.29, 0.717) is 11.6 Å². The zero-order valence-electron chi connectivity index (χ0n) is 18.2. The first-order chi connectivity index (χ1) is 15.5. The Morgan fingerprint density at radius 2 is 2.12 bits per heavy atom. The molecule has 8 heteroatoms. The van der Waals surface area contributed by atoms with Crippen molar-refractivity contribution in [2.75, 3.05) is 18.0 Å². The van der Waals surface area contributed by atoms with Crippen LogP contribution in [0.15, 0.2) is 49.1 Å². The molecule has 1 saturated heterocycles. The van der Waals surface area contributed by atoms with Crippen molar-refractivity contribution in [1.29, 1.82) is 0 Å². The van der Waals surface area contributed by atoms with Crippen molar-refractivity contribution in [3.05, 3.63) is 60.3 Å². The fraction of sp³-hybridized carbons (Fsp3) is 0.333. The molecule has 4 aromatic rings. The van der Waals surface area contributed by atoms with Gasteiger partial charge in [0.15, 0.2) is 5.78 Å². The Morgan fingerprint density at radius 1 is 1.25 bits per heavy atom. The third-order valence-corrected chi connectivity index (χ3v) is 7.05. The number of carbonyl (C=O) groups excluding carboxylic acids is 1. The van der Waals surface area contributed by atoms with Gasteiger partial charge in [0.1, 0.15) is 5.69 Å². The first-order valence-electron chi connectivity index (χ1n) is 10.8. The van der Waals surface area contributed by atoms with E-state index >= 15 is 0 Å². The van der Waals surface area contributed by atoms with Crippen molar-refractivity contribution in [1.82, 2.24) is 19.7 Å². The molecular formula is C24H26N6OS. The molecule has 0 amide bonds. The highest BCUT2D eigenvalue weighted by molar-refractivity contribution is 7.22.